The van der Waals surface area contributed by atoms with E-state index in [9.17, 15) is 24.3 Å². The summed E-state index contributed by atoms with van der Waals surface area (Å²) in [6, 6.07) is 2.77. The summed E-state index contributed by atoms with van der Waals surface area (Å²) < 4.78 is 33.3. The van der Waals surface area contributed by atoms with Gasteiger partial charge in [0.15, 0.2) is 23.3 Å². The van der Waals surface area contributed by atoms with Crippen molar-refractivity contribution in [3.63, 3.8) is 0 Å². The Morgan fingerprint density at radius 3 is 2.37 bits per heavy atom. The molecule has 3 aliphatic heterocycles. The van der Waals surface area contributed by atoms with Crippen LogP contribution in [0.15, 0.2) is 24.7 Å². The first-order valence-corrected chi connectivity index (χ1v) is 20.7. The van der Waals surface area contributed by atoms with E-state index in [4.69, 9.17) is 23.7 Å². The molecular formula is C42H65N5O10. The zero-order valence-corrected chi connectivity index (χ0v) is 35.7. The number of aliphatic hydroxyl groups is 1. The number of ketones is 2. The third-order valence-electron chi connectivity index (χ3n) is 13.0. The van der Waals surface area contributed by atoms with Crippen molar-refractivity contribution in [2.24, 2.45) is 23.7 Å². The number of pyridine rings is 1. The van der Waals surface area contributed by atoms with Crippen molar-refractivity contribution in [1.29, 1.82) is 0 Å². The summed E-state index contributed by atoms with van der Waals surface area (Å²) in [7, 11) is 3.43. The van der Waals surface area contributed by atoms with Crippen molar-refractivity contribution in [3.05, 3.63) is 24.7 Å². The van der Waals surface area contributed by atoms with Crippen molar-refractivity contribution in [1.82, 2.24) is 24.3 Å². The molecule has 13 atom stereocenters. The molecule has 15 heteroatoms. The molecule has 3 fully saturated rings. The molecule has 57 heavy (non-hydrogen) atoms. The third-order valence-corrected chi connectivity index (χ3v) is 13.0. The van der Waals surface area contributed by atoms with Gasteiger partial charge in [-0.2, -0.15) is 0 Å². The maximum absolute atomic E-state index is 14.7. The van der Waals surface area contributed by atoms with Gasteiger partial charge in [0.05, 0.1) is 35.7 Å². The molecule has 3 saturated heterocycles. The van der Waals surface area contributed by atoms with Crippen LogP contribution in [-0.4, -0.2) is 134 Å². The largest absolute Gasteiger partial charge is 0.458 e. The molecule has 0 bridgehead atoms. The van der Waals surface area contributed by atoms with Gasteiger partial charge >= 0.3 is 12.1 Å². The van der Waals surface area contributed by atoms with Gasteiger partial charge in [-0.3, -0.25) is 14.4 Å². The normalized spacial score (nSPS) is 37.3. The summed E-state index contributed by atoms with van der Waals surface area (Å²) in [6.07, 6.45) is 0.737. The molecule has 0 unspecified atom stereocenters. The lowest BCUT2D eigenvalue weighted by Crippen LogP contribution is -2.60. The number of methoxy groups -OCH3 is 1. The van der Waals surface area contributed by atoms with Crippen LogP contribution in [0.4, 0.5) is 4.79 Å². The monoisotopic (exact) mass is 799 g/mol. The van der Waals surface area contributed by atoms with E-state index in [0.717, 1.165) is 5.52 Å². The SMILES string of the molecule is CC[C@H]1OC(=O)[C@H](C)C(=O)[C@H](C)[C@@H](O[C@@H]2O[C@H](C)C[C@H](N(C)CC)[C@H]2O)[C@](C)(OC)C[C@@H](C)C(=O)[C@H](C)[C@@H]2N(CCCCn3cnc4ncccc43)C(=O)O[C@@]21C. The van der Waals surface area contributed by atoms with Gasteiger partial charge in [-0.25, -0.2) is 14.8 Å². The maximum Gasteiger partial charge on any atom is 0.410 e. The van der Waals surface area contributed by atoms with E-state index in [2.05, 4.69) is 9.97 Å². The summed E-state index contributed by atoms with van der Waals surface area (Å²) in [4.78, 5) is 69.2. The van der Waals surface area contributed by atoms with Gasteiger partial charge in [-0.15, -0.1) is 0 Å². The summed E-state index contributed by atoms with van der Waals surface area (Å²) in [5, 5.41) is 11.6. The Bertz CT molecular complexity index is 1740. The molecule has 5 heterocycles. The fourth-order valence-corrected chi connectivity index (χ4v) is 9.51. The van der Waals surface area contributed by atoms with Crippen molar-refractivity contribution >= 4 is 34.8 Å². The van der Waals surface area contributed by atoms with Gasteiger partial charge in [0, 0.05) is 50.2 Å². The van der Waals surface area contributed by atoms with Gasteiger partial charge in [-0.1, -0.05) is 34.6 Å². The molecule has 0 saturated carbocycles. The molecule has 318 valence electrons. The number of esters is 1. The van der Waals surface area contributed by atoms with Crippen molar-refractivity contribution < 1.29 is 48.0 Å². The van der Waals surface area contributed by atoms with Gasteiger partial charge in [0.1, 0.15) is 23.9 Å². The highest BCUT2D eigenvalue weighted by atomic mass is 16.7. The average Bonchev–Trinajstić information content (AvgIpc) is 3.72. The number of ether oxygens (including phenoxy) is 5. The van der Waals surface area contributed by atoms with Crippen LogP contribution in [0, 0.1) is 23.7 Å². The number of hydrogen-bond donors (Lipinski definition) is 1. The van der Waals surface area contributed by atoms with Gasteiger partial charge in [-0.05, 0) is 85.5 Å². The number of carbonyl (C=O) groups excluding carboxylic acids is 4. The second kappa shape index (κ2) is 18.2. The smallest absolute Gasteiger partial charge is 0.410 e. The lowest BCUT2D eigenvalue weighted by Gasteiger charge is -2.47. The molecule has 2 aromatic rings. The predicted molar refractivity (Wildman–Crippen MR) is 211 cm³/mol. The van der Waals surface area contributed by atoms with Crippen LogP contribution in [0.2, 0.25) is 0 Å². The molecule has 3 aliphatic rings. The Balaban J connectivity index is 1.46. The number of cyclic esters (lactones) is 1. The maximum atomic E-state index is 14.7. The molecule has 15 nitrogen and oxygen atoms in total. The highest BCUT2D eigenvalue weighted by molar-refractivity contribution is 6.00. The number of hydrogen-bond acceptors (Lipinski definition) is 13. The molecule has 1 N–H and O–H groups in total. The van der Waals surface area contributed by atoms with E-state index in [1.165, 1.54) is 14.0 Å². The minimum atomic E-state index is -1.40. The number of aliphatic hydroxyl groups excluding tert-OH is 1. The first-order valence-electron chi connectivity index (χ1n) is 20.7. The minimum absolute atomic E-state index is 0.133. The third kappa shape index (κ3) is 8.92. The minimum Gasteiger partial charge on any atom is -0.458 e. The van der Waals surface area contributed by atoms with E-state index in [0.29, 0.717) is 44.5 Å². The number of rotatable bonds is 11. The highest BCUT2D eigenvalue weighted by Crippen LogP contribution is 2.43. The number of carbonyl (C=O) groups is 4. The quantitative estimate of drug-likeness (QED) is 0.187. The second-order valence-corrected chi connectivity index (χ2v) is 17.0. The van der Waals surface area contributed by atoms with Crippen LogP contribution in [0.1, 0.15) is 94.4 Å². The Morgan fingerprint density at radius 1 is 1.00 bits per heavy atom. The number of Topliss-reactive ketones (excluding diaryl/α,β-unsaturated/α-hetero) is 2. The van der Waals surface area contributed by atoms with E-state index in [1.54, 1.807) is 45.1 Å². The number of amides is 1. The zero-order chi connectivity index (χ0) is 42.0. The van der Waals surface area contributed by atoms with Crippen molar-refractivity contribution in [2.45, 2.75) is 155 Å². The van der Waals surface area contributed by atoms with Crippen LogP contribution >= 0.6 is 0 Å². The molecule has 5 rings (SSSR count). The fourth-order valence-electron chi connectivity index (χ4n) is 9.51. The number of unbranched alkanes of at least 4 members (excludes halogenated alkanes) is 1. The summed E-state index contributed by atoms with van der Waals surface area (Å²) >= 11 is 0. The Labute approximate surface area is 337 Å². The van der Waals surface area contributed by atoms with Gasteiger partial charge in [0.25, 0.3) is 0 Å². The second-order valence-electron chi connectivity index (χ2n) is 17.0. The molecule has 1 amide bonds. The summed E-state index contributed by atoms with van der Waals surface area (Å²) in [5.74, 6) is -4.93. The summed E-state index contributed by atoms with van der Waals surface area (Å²) in [6.45, 7) is 17.7. The molecule has 0 radical (unpaired) electrons. The lowest BCUT2D eigenvalue weighted by atomic mass is 9.73. The van der Waals surface area contributed by atoms with Crippen LogP contribution in [0.3, 0.4) is 0 Å². The first-order chi connectivity index (χ1) is 26.9. The van der Waals surface area contributed by atoms with E-state index < -0.39 is 83.4 Å². The molecule has 0 spiro atoms. The lowest BCUT2D eigenvalue weighted by molar-refractivity contribution is -0.296. The Hall–Kier alpha value is -3.50. The Morgan fingerprint density at radius 2 is 1.70 bits per heavy atom. The summed E-state index contributed by atoms with van der Waals surface area (Å²) in [5.41, 5.74) is -1.09. The van der Waals surface area contributed by atoms with Crippen molar-refractivity contribution in [2.75, 3.05) is 27.2 Å². The number of imidazole rings is 1. The number of aryl methyl sites for hydroxylation is 1. The van der Waals surface area contributed by atoms with Crippen LogP contribution < -0.4 is 0 Å². The molecule has 0 aliphatic carbocycles. The van der Waals surface area contributed by atoms with Crippen LogP contribution in [-0.2, 0) is 44.6 Å². The molecule has 0 aromatic carbocycles. The first kappa shape index (κ1) is 44.6. The zero-order valence-electron chi connectivity index (χ0n) is 35.7. The number of fused-ring (bicyclic) bond motifs is 2. The number of aromatic nitrogens is 3. The fraction of sp³-hybridized carbons (Fsp3) is 0.762. The highest BCUT2D eigenvalue weighted by Gasteiger charge is 2.60. The predicted octanol–water partition coefficient (Wildman–Crippen LogP) is 4.81. The average molecular weight is 800 g/mol. The standard InChI is InChI=1S/C42H65N5O10/c1-12-31-42(9)35(47(40(52)57-42)20-15-14-19-46-23-44-37-29(46)17-16-18-43-37)26(5)32(48)24(3)22-41(8,53-11)36(27(6)33(49)28(7)38(51)55-31)56-39-34(50)30(45(10)13-2)21-25(4)54-39/h16-18,23-28,30-31,34-36,39,50H,12-15,19-22H2,1-11H3/t24-,25-,26+,27+,28-,30+,31-,34-,35+,36-,39+,41-,42-/m1/s1. The number of nitrogens with zero attached hydrogens (tertiary/aromatic N) is 5. The molecule has 2 aromatic heterocycles. The van der Waals surface area contributed by atoms with E-state index in [1.807, 2.05) is 56.3 Å². The van der Waals surface area contributed by atoms with Gasteiger partial charge in [0.2, 0.25) is 0 Å². The molecular weight excluding hydrogens is 734 g/mol. The van der Waals surface area contributed by atoms with E-state index >= 15 is 0 Å². The Kier molecular flexibility index (Phi) is 14.2. The topological polar surface area (TPSA) is 172 Å². The van der Waals surface area contributed by atoms with Crippen LogP contribution in [0.5, 0.6) is 0 Å². The van der Waals surface area contributed by atoms with Crippen LogP contribution in [0.25, 0.3) is 11.2 Å². The van der Waals surface area contributed by atoms with E-state index in [-0.39, 0.29) is 30.8 Å². The van der Waals surface area contributed by atoms with Crippen molar-refractivity contribution in [3.8, 4) is 0 Å². The van der Waals surface area contributed by atoms with Gasteiger partial charge < -0.3 is 43.2 Å². The number of likely N-dealkylation sites (N-methyl/N-ethyl adjacent to an activating group) is 1.